The van der Waals surface area contributed by atoms with Crippen molar-refractivity contribution in [3.05, 3.63) is 82.0 Å². The molecule has 0 saturated carbocycles. The molecule has 186 valence electrons. The molecule has 4 aromatic rings. The van der Waals surface area contributed by atoms with Crippen LogP contribution in [-0.2, 0) is 22.8 Å². The van der Waals surface area contributed by atoms with Crippen molar-refractivity contribution in [1.82, 2.24) is 14.5 Å². The fourth-order valence-electron chi connectivity index (χ4n) is 4.37. The molecule has 0 aliphatic carbocycles. The summed E-state index contributed by atoms with van der Waals surface area (Å²) >= 11 is 0. The second-order valence-electron chi connectivity index (χ2n) is 9.22. The SMILES string of the molecule is CC(C)Nc1nc2c(c(=O)n1-c1ccc(S(C)(=O)=O)cc1)CCN(C(=O)c1ccc3ccoc3c1)C2. The molecule has 0 radical (unpaired) electrons. The molecule has 1 aliphatic rings. The van der Waals surface area contributed by atoms with E-state index in [0.29, 0.717) is 47.0 Å². The normalized spacial score (nSPS) is 13.7. The van der Waals surface area contributed by atoms with Crippen LogP contribution in [0.2, 0.25) is 0 Å². The first-order valence-electron chi connectivity index (χ1n) is 11.6. The summed E-state index contributed by atoms with van der Waals surface area (Å²) in [6.45, 7) is 4.45. The molecule has 36 heavy (non-hydrogen) atoms. The maximum absolute atomic E-state index is 13.6. The average molecular weight is 507 g/mol. The van der Waals surface area contributed by atoms with Crippen molar-refractivity contribution in [3.8, 4) is 5.69 Å². The third kappa shape index (κ3) is 4.39. The Morgan fingerprint density at radius 3 is 2.56 bits per heavy atom. The van der Waals surface area contributed by atoms with Gasteiger partial charge in [0, 0.05) is 35.4 Å². The summed E-state index contributed by atoms with van der Waals surface area (Å²) in [5, 5.41) is 4.14. The van der Waals surface area contributed by atoms with Crippen molar-refractivity contribution in [1.29, 1.82) is 0 Å². The maximum Gasteiger partial charge on any atom is 0.263 e. The zero-order valence-electron chi connectivity index (χ0n) is 20.2. The molecule has 10 heteroatoms. The first-order valence-corrected chi connectivity index (χ1v) is 13.5. The second kappa shape index (κ2) is 8.94. The summed E-state index contributed by atoms with van der Waals surface area (Å²) in [7, 11) is -3.36. The number of hydrogen-bond acceptors (Lipinski definition) is 7. The summed E-state index contributed by atoms with van der Waals surface area (Å²) in [5.41, 5.74) is 2.52. The molecular formula is C26H26N4O5S. The van der Waals surface area contributed by atoms with Crippen molar-refractivity contribution in [2.45, 2.75) is 37.8 Å². The maximum atomic E-state index is 13.6. The molecule has 0 bridgehead atoms. The number of rotatable bonds is 5. The van der Waals surface area contributed by atoms with Gasteiger partial charge >= 0.3 is 0 Å². The predicted molar refractivity (Wildman–Crippen MR) is 136 cm³/mol. The number of furan rings is 1. The van der Waals surface area contributed by atoms with E-state index in [1.54, 1.807) is 35.4 Å². The number of amides is 1. The van der Waals surface area contributed by atoms with E-state index in [1.165, 1.54) is 16.7 Å². The van der Waals surface area contributed by atoms with Gasteiger partial charge in [-0.2, -0.15) is 0 Å². The fraction of sp³-hybridized carbons (Fsp3) is 0.269. The molecule has 1 aliphatic heterocycles. The van der Waals surface area contributed by atoms with Crippen molar-refractivity contribution < 1.29 is 17.6 Å². The Balaban J connectivity index is 1.52. The van der Waals surface area contributed by atoms with Crippen LogP contribution >= 0.6 is 0 Å². The minimum Gasteiger partial charge on any atom is -0.464 e. The number of carbonyl (C=O) groups is 1. The van der Waals surface area contributed by atoms with E-state index in [1.807, 2.05) is 26.0 Å². The topological polar surface area (TPSA) is 115 Å². The standard InChI is InChI=1S/C26H26N4O5S/c1-16(2)27-26-28-22-15-29(24(31)18-5-4-17-11-13-35-23(17)14-18)12-10-21(22)25(32)30(26)19-6-8-20(9-7-19)36(3,33)34/h4-9,11,13-14,16H,10,12,15H2,1-3H3,(H,27,28). The zero-order chi connectivity index (χ0) is 25.6. The van der Waals surface area contributed by atoms with Gasteiger partial charge in [0.1, 0.15) is 5.58 Å². The van der Waals surface area contributed by atoms with Crippen LogP contribution < -0.4 is 10.9 Å². The van der Waals surface area contributed by atoms with Gasteiger partial charge in [-0.3, -0.25) is 9.59 Å². The molecule has 0 saturated heterocycles. The zero-order valence-corrected chi connectivity index (χ0v) is 21.0. The monoisotopic (exact) mass is 506 g/mol. The Morgan fingerprint density at radius 1 is 1.11 bits per heavy atom. The van der Waals surface area contributed by atoms with E-state index in [0.717, 1.165) is 11.6 Å². The van der Waals surface area contributed by atoms with Crippen molar-refractivity contribution in [2.75, 3.05) is 18.1 Å². The molecule has 0 spiro atoms. The van der Waals surface area contributed by atoms with E-state index in [9.17, 15) is 18.0 Å². The van der Waals surface area contributed by atoms with E-state index in [-0.39, 0.29) is 28.9 Å². The van der Waals surface area contributed by atoms with Gasteiger partial charge in [0.15, 0.2) is 9.84 Å². The minimum absolute atomic E-state index is 0.0159. The van der Waals surface area contributed by atoms with Gasteiger partial charge in [-0.05, 0) is 62.7 Å². The second-order valence-corrected chi connectivity index (χ2v) is 11.2. The van der Waals surface area contributed by atoms with Gasteiger partial charge in [-0.15, -0.1) is 0 Å². The van der Waals surface area contributed by atoms with Gasteiger partial charge in [-0.25, -0.2) is 18.0 Å². The van der Waals surface area contributed by atoms with Crippen LogP contribution in [0.15, 0.2) is 68.9 Å². The van der Waals surface area contributed by atoms with Gasteiger partial charge in [0.2, 0.25) is 5.95 Å². The lowest BCUT2D eigenvalue weighted by molar-refractivity contribution is 0.0731. The van der Waals surface area contributed by atoms with Crippen LogP contribution in [0.3, 0.4) is 0 Å². The third-order valence-corrected chi connectivity index (χ3v) is 7.29. The highest BCUT2D eigenvalue weighted by Gasteiger charge is 2.27. The Bertz CT molecular complexity index is 1640. The minimum atomic E-state index is -3.36. The van der Waals surface area contributed by atoms with Crippen LogP contribution in [0, 0.1) is 0 Å². The van der Waals surface area contributed by atoms with E-state index >= 15 is 0 Å². The average Bonchev–Trinajstić information content (AvgIpc) is 3.30. The fourth-order valence-corrected chi connectivity index (χ4v) is 5.00. The van der Waals surface area contributed by atoms with E-state index < -0.39 is 9.84 Å². The van der Waals surface area contributed by atoms with Gasteiger partial charge in [-0.1, -0.05) is 6.07 Å². The third-order valence-electron chi connectivity index (χ3n) is 6.17. The summed E-state index contributed by atoms with van der Waals surface area (Å²) in [6, 6.07) is 13.3. The van der Waals surface area contributed by atoms with Gasteiger partial charge in [0.05, 0.1) is 29.1 Å². The van der Waals surface area contributed by atoms with Crippen molar-refractivity contribution in [3.63, 3.8) is 0 Å². The number of nitrogens with zero attached hydrogens (tertiary/aromatic N) is 3. The molecule has 3 heterocycles. The number of carbonyl (C=O) groups excluding carboxylic acids is 1. The molecule has 0 unspecified atom stereocenters. The smallest absolute Gasteiger partial charge is 0.263 e. The molecule has 2 aromatic heterocycles. The lowest BCUT2D eigenvalue weighted by Crippen LogP contribution is -2.41. The molecule has 0 atom stereocenters. The highest BCUT2D eigenvalue weighted by atomic mass is 32.2. The highest BCUT2D eigenvalue weighted by Crippen LogP contribution is 2.24. The Morgan fingerprint density at radius 2 is 1.86 bits per heavy atom. The van der Waals surface area contributed by atoms with Gasteiger partial charge in [0.25, 0.3) is 11.5 Å². The number of anilines is 1. The number of benzene rings is 2. The lowest BCUT2D eigenvalue weighted by Gasteiger charge is -2.29. The Kier molecular flexibility index (Phi) is 5.91. The molecule has 5 rings (SSSR count). The highest BCUT2D eigenvalue weighted by molar-refractivity contribution is 7.90. The molecule has 1 N–H and O–H groups in total. The van der Waals surface area contributed by atoms with E-state index in [4.69, 9.17) is 9.40 Å². The summed E-state index contributed by atoms with van der Waals surface area (Å²) in [5.74, 6) is 0.187. The largest absolute Gasteiger partial charge is 0.464 e. The molecule has 0 fully saturated rings. The van der Waals surface area contributed by atoms with E-state index in [2.05, 4.69) is 5.32 Å². The predicted octanol–water partition coefficient (Wildman–Crippen LogP) is 3.40. The quantitative estimate of drug-likeness (QED) is 0.441. The first-order chi connectivity index (χ1) is 17.1. The molecule has 1 amide bonds. The lowest BCUT2D eigenvalue weighted by atomic mass is 10.0. The van der Waals surface area contributed by atoms with Crippen molar-refractivity contribution in [2.24, 2.45) is 0 Å². The molecule has 9 nitrogen and oxygen atoms in total. The van der Waals surface area contributed by atoms with Crippen LogP contribution in [0.1, 0.15) is 35.5 Å². The number of nitrogens with one attached hydrogen (secondary N) is 1. The summed E-state index contributed by atoms with van der Waals surface area (Å²) in [4.78, 5) is 33.4. The molecule has 2 aromatic carbocycles. The number of hydrogen-bond donors (Lipinski definition) is 1. The van der Waals surface area contributed by atoms with Crippen molar-refractivity contribution >= 4 is 32.7 Å². The van der Waals surface area contributed by atoms with Crippen LogP contribution in [0.4, 0.5) is 5.95 Å². The summed E-state index contributed by atoms with van der Waals surface area (Å²) in [6.07, 6.45) is 3.09. The van der Waals surface area contributed by atoms with Gasteiger partial charge < -0.3 is 14.6 Å². The summed E-state index contributed by atoms with van der Waals surface area (Å²) < 4.78 is 30.6. The number of aromatic nitrogens is 2. The first kappa shape index (κ1) is 23.8. The van der Waals surface area contributed by atoms with Crippen LogP contribution in [-0.4, -0.2) is 47.6 Å². The van der Waals surface area contributed by atoms with Crippen LogP contribution in [0.25, 0.3) is 16.7 Å². The van der Waals surface area contributed by atoms with Crippen LogP contribution in [0.5, 0.6) is 0 Å². The number of fused-ring (bicyclic) bond motifs is 2. The Labute approximate surface area is 208 Å². The Hall–Kier alpha value is -3.92. The number of sulfone groups is 1. The molecular weight excluding hydrogens is 480 g/mol.